The largest absolute Gasteiger partial charge is 0.481 e. The fraction of sp³-hybridized carbons (Fsp3) is 0.750. The molecule has 0 atom stereocenters. The van der Waals surface area contributed by atoms with Crippen LogP contribution < -0.4 is 0 Å². The second kappa shape index (κ2) is 7.79. The van der Waals surface area contributed by atoms with Gasteiger partial charge in [0.05, 0.1) is 13.0 Å². The van der Waals surface area contributed by atoms with Gasteiger partial charge in [0.25, 0.3) is 0 Å². The first kappa shape index (κ1) is 11.6. The van der Waals surface area contributed by atoms with Gasteiger partial charge in [-0.05, 0) is 0 Å². The second-order valence-corrected chi connectivity index (χ2v) is 1.14. The molecule has 0 saturated carbocycles. The monoisotopic (exact) mass is 245 g/mol. The van der Waals surface area contributed by atoms with Gasteiger partial charge in [0.2, 0.25) is 0 Å². The smallest absolute Gasteiger partial charge is 0.305 e. The van der Waals surface area contributed by atoms with E-state index >= 15 is 0 Å². The van der Waals surface area contributed by atoms with Gasteiger partial charge < -0.3 is 9.84 Å². The summed E-state index contributed by atoms with van der Waals surface area (Å²) in [4.78, 5) is 9.68. The summed E-state index contributed by atoms with van der Waals surface area (Å²) in [6, 6.07) is 0. The molecule has 0 rings (SSSR count). The van der Waals surface area contributed by atoms with Crippen LogP contribution in [0.1, 0.15) is 6.42 Å². The van der Waals surface area contributed by atoms with Crippen LogP contribution in [-0.4, -0.2) is 24.8 Å². The number of methoxy groups -OCH3 is 1. The molecule has 0 aliphatic rings. The Hall–Kier alpha value is 0.794. The van der Waals surface area contributed by atoms with E-state index in [1.807, 2.05) is 0 Å². The first-order chi connectivity index (χ1) is 3.27. The molecular formula is C4H8O3Pr. The Bertz CT molecular complexity index is 64.3. The van der Waals surface area contributed by atoms with Crippen molar-refractivity contribution in [3.8, 4) is 0 Å². The number of carbonyl (C=O) groups is 1. The maximum atomic E-state index is 9.68. The first-order valence-electron chi connectivity index (χ1n) is 1.98. The standard InChI is InChI=1S/C4H8O3.Pr/c1-7-3-2-4(5)6;/h2-3H2,1H3,(H,5,6);. The van der Waals surface area contributed by atoms with Gasteiger partial charge in [-0.1, -0.05) is 0 Å². The van der Waals surface area contributed by atoms with E-state index in [1.54, 1.807) is 0 Å². The number of hydrogen-bond donors (Lipinski definition) is 1. The quantitative estimate of drug-likeness (QED) is 0.767. The van der Waals surface area contributed by atoms with Gasteiger partial charge >= 0.3 is 5.97 Å². The summed E-state index contributed by atoms with van der Waals surface area (Å²) in [5.74, 6) is -0.818. The summed E-state index contributed by atoms with van der Waals surface area (Å²) in [6.45, 7) is 0.301. The van der Waals surface area contributed by atoms with Crippen LogP contribution in [0, 0.1) is 41.3 Å². The Morgan fingerprint density at radius 3 is 2.38 bits per heavy atom. The van der Waals surface area contributed by atoms with Crippen molar-refractivity contribution in [2.45, 2.75) is 6.42 Å². The molecule has 4 heteroatoms. The van der Waals surface area contributed by atoms with Gasteiger partial charge in [-0.3, -0.25) is 4.79 Å². The number of rotatable bonds is 3. The van der Waals surface area contributed by atoms with E-state index in [9.17, 15) is 4.79 Å². The van der Waals surface area contributed by atoms with Gasteiger partial charge in [-0.2, -0.15) is 0 Å². The molecule has 0 heterocycles. The maximum Gasteiger partial charge on any atom is 0.305 e. The van der Waals surface area contributed by atoms with Crippen LogP contribution in [0.15, 0.2) is 0 Å². The molecule has 1 N–H and O–H groups in total. The predicted octanol–water partition coefficient (Wildman–Crippen LogP) is 0.108. The van der Waals surface area contributed by atoms with Crippen LogP contribution in [0.4, 0.5) is 0 Å². The van der Waals surface area contributed by atoms with E-state index in [4.69, 9.17) is 5.11 Å². The number of ether oxygens (including phenoxy) is 1. The average Bonchev–Trinajstić information content (AvgIpc) is 1.61. The molecular weight excluding hydrogens is 237 g/mol. The molecule has 0 spiro atoms. The Balaban J connectivity index is 0. The molecule has 0 bridgehead atoms. The number of carboxylic acids is 1. The van der Waals surface area contributed by atoms with Crippen molar-refractivity contribution < 1.29 is 55.9 Å². The third-order valence-corrected chi connectivity index (χ3v) is 0.520. The molecule has 1 radical (unpaired) electrons. The first-order valence-corrected chi connectivity index (χ1v) is 1.98. The SMILES string of the molecule is COCCC(=O)O.[Pr]. The molecule has 8 heavy (non-hydrogen) atoms. The molecule has 0 saturated heterocycles. The van der Waals surface area contributed by atoms with Crippen molar-refractivity contribution in [1.29, 1.82) is 0 Å². The zero-order valence-electron chi connectivity index (χ0n) is 4.76. The van der Waals surface area contributed by atoms with Gasteiger partial charge in [0.1, 0.15) is 0 Å². The summed E-state index contributed by atoms with van der Waals surface area (Å²) in [7, 11) is 1.48. The van der Waals surface area contributed by atoms with E-state index in [1.165, 1.54) is 7.11 Å². The summed E-state index contributed by atoms with van der Waals surface area (Å²) in [6.07, 6.45) is 0.0938. The average molecular weight is 245 g/mol. The molecule has 0 aromatic carbocycles. The van der Waals surface area contributed by atoms with Crippen LogP contribution in [-0.2, 0) is 9.53 Å². The van der Waals surface area contributed by atoms with Crippen molar-refractivity contribution >= 4 is 5.97 Å². The van der Waals surface area contributed by atoms with E-state index in [0.717, 1.165) is 0 Å². The zero-order valence-corrected chi connectivity index (χ0v) is 8.46. The molecule has 3 nitrogen and oxygen atoms in total. The minimum atomic E-state index is -0.818. The molecule has 0 unspecified atom stereocenters. The predicted molar refractivity (Wildman–Crippen MR) is 24.1 cm³/mol. The van der Waals surface area contributed by atoms with Crippen molar-refractivity contribution in [1.82, 2.24) is 0 Å². The molecule has 0 aliphatic carbocycles. The minimum Gasteiger partial charge on any atom is -0.481 e. The van der Waals surface area contributed by atoms with Crippen LogP contribution >= 0.6 is 0 Å². The molecule has 0 fully saturated rings. The van der Waals surface area contributed by atoms with Crippen molar-refractivity contribution in [3.05, 3.63) is 0 Å². The number of carboxylic acid groups (broad SMARTS) is 1. The third-order valence-electron chi connectivity index (χ3n) is 0.520. The topological polar surface area (TPSA) is 46.5 Å². The molecule has 0 aromatic heterocycles. The molecule has 0 aromatic rings. The van der Waals surface area contributed by atoms with E-state index in [0.29, 0.717) is 6.61 Å². The van der Waals surface area contributed by atoms with Crippen molar-refractivity contribution in [2.24, 2.45) is 0 Å². The summed E-state index contributed by atoms with van der Waals surface area (Å²) in [5.41, 5.74) is 0. The fourth-order valence-corrected chi connectivity index (χ4v) is 0.189. The number of aliphatic carboxylic acids is 1. The van der Waals surface area contributed by atoms with Crippen molar-refractivity contribution in [3.63, 3.8) is 0 Å². The van der Waals surface area contributed by atoms with E-state index in [-0.39, 0.29) is 47.7 Å². The van der Waals surface area contributed by atoms with E-state index < -0.39 is 5.97 Å². The Morgan fingerprint density at radius 2 is 2.25 bits per heavy atom. The van der Waals surface area contributed by atoms with Crippen LogP contribution in [0.3, 0.4) is 0 Å². The van der Waals surface area contributed by atoms with Gasteiger partial charge in [0, 0.05) is 48.4 Å². The van der Waals surface area contributed by atoms with Crippen molar-refractivity contribution in [2.75, 3.05) is 13.7 Å². The minimum absolute atomic E-state index is 0. The summed E-state index contributed by atoms with van der Waals surface area (Å²) in [5, 5.41) is 7.96. The summed E-state index contributed by atoms with van der Waals surface area (Å²) < 4.78 is 4.47. The summed E-state index contributed by atoms with van der Waals surface area (Å²) >= 11 is 0. The third kappa shape index (κ3) is 9.92. The Morgan fingerprint density at radius 1 is 1.75 bits per heavy atom. The van der Waals surface area contributed by atoms with Gasteiger partial charge in [-0.15, -0.1) is 0 Å². The molecule has 0 amide bonds. The van der Waals surface area contributed by atoms with Crippen LogP contribution in [0.25, 0.3) is 0 Å². The van der Waals surface area contributed by atoms with Gasteiger partial charge in [-0.25, -0.2) is 0 Å². The van der Waals surface area contributed by atoms with E-state index in [2.05, 4.69) is 4.74 Å². The normalized spacial score (nSPS) is 7.62. The molecule has 0 aliphatic heterocycles. The van der Waals surface area contributed by atoms with Crippen LogP contribution in [0.5, 0.6) is 0 Å². The zero-order chi connectivity index (χ0) is 5.70. The second-order valence-electron chi connectivity index (χ2n) is 1.14. The molecule has 45 valence electrons. The Labute approximate surface area is 81.4 Å². The number of hydrogen-bond acceptors (Lipinski definition) is 2. The fourth-order valence-electron chi connectivity index (χ4n) is 0.189. The Kier molecular flexibility index (Phi) is 11.3. The van der Waals surface area contributed by atoms with Crippen LogP contribution in [0.2, 0.25) is 0 Å². The van der Waals surface area contributed by atoms with Gasteiger partial charge in [0.15, 0.2) is 0 Å². The maximum absolute atomic E-state index is 9.68.